The average molecular weight is 422 g/mol. The highest BCUT2D eigenvalue weighted by Gasteiger charge is 2.30. The molecule has 0 spiro atoms. The number of nitrogens with two attached hydrogens (primary N) is 1. The Morgan fingerprint density at radius 3 is 2.86 bits per heavy atom. The Morgan fingerprint density at radius 1 is 1.18 bits per heavy atom. The topological polar surface area (TPSA) is 54.1 Å². The van der Waals surface area contributed by atoms with E-state index >= 15 is 0 Å². The fourth-order valence-electron chi connectivity index (χ4n) is 3.85. The molecule has 0 aliphatic carbocycles. The SMILES string of the molecule is CC1CCCN(C(N)=NCC2CN3CCCCC3CO2)C1.I. The van der Waals surface area contributed by atoms with Crippen LogP contribution in [0.2, 0.25) is 0 Å². The van der Waals surface area contributed by atoms with Crippen molar-refractivity contribution in [3.63, 3.8) is 0 Å². The zero-order valence-corrected chi connectivity index (χ0v) is 16.1. The number of nitrogens with zero attached hydrogens (tertiary/aromatic N) is 3. The van der Waals surface area contributed by atoms with Gasteiger partial charge in [-0.1, -0.05) is 13.3 Å². The maximum Gasteiger partial charge on any atom is 0.191 e. The third-order valence-electron chi connectivity index (χ3n) is 5.15. The Balaban J connectivity index is 0.00000176. The summed E-state index contributed by atoms with van der Waals surface area (Å²) in [5, 5.41) is 0. The molecule has 3 unspecified atom stereocenters. The van der Waals surface area contributed by atoms with E-state index in [1.165, 1.54) is 38.6 Å². The lowest BCUT2D eigenvalue weighted by molar-refractivity contribution is -0.0703. The van der Waals surface area contributed by atoms with Crippen molar-refractivity contribution in [2.24, 2.45) is 16.6 Å². The number of piperidine rings is 2. The molecule has 3 atom stereocenters. The predicted octanol–water partition coefficient (Wildman–Crippen LogP) is 1.90. The second kappa shape index (κ2) is 8.68. The van der Waals surface area contributed by atoms with Gasteiger partial charge in [0.05, 0.1) is 19.3 Å². The van der Waals surface area contributed by atoms with E-state index in [0.29, 0.717) is 18.5 Å². The lowest BCUT2D eigenvalue weighted by Crippen LogP contribution is -2.52. The molecule has 3 aliphatic rings. The molecule has 0 aromatic rings. The number of morpholine rings is 1. The summed E-state index contributed by atoms with van der Waals surface area (Å²) in [7, 11) is 0. The van der Waals surface area contributed by atoms with Crippen LogP contribution in [0.1, 0.15) is 39.0 Å². The Labute approximate surface area is 151 Å². The van der Waals surface area contributed by atoms with Crippen molar-refractivity contribution in [2.75, 3.05) is 39.3 Å². The second-order valence-corrected chi connectivity index (χ2v) is 6.99. The average Bonchev–Trinajstić information content (AvgIpc) is 2.52. The van der Waals surface area contributed by atoms with Gasteiger partial charge in [-0.05, 0) is 38.1 Å². The van der Waals surface area contributed by atoms with Crippen molar-refractivity contribution in [3.8, 4) is 0 Å². The first kappa shape index (κ1) is 18.3. The van der Waals surface area contributed by atoms with Gasteiger partial charge in [-0.3, -0.25) is 9.89 Å². The molecule has 6 heteroatoms. The molecule has 3 aliphatic heterocycles. The fraction of sp³-hybridized carbons (Fsp3) is 0.938. The maximum absolute atomic E-state index is 6.17. The number of aliphatic imine (C=N–C) groups is 1. The van der Waals surface area contributed by atoms with Crippen LogP contribution in [-0.2, 0) is 4.74 Å². The second-order valence-electron chi connectivity index (χ2n) is 6.99. The van der Waals surface area contributed by atoms with Crippen LogP contribution in [-0.4, -0.2) is 67.2 Å². The van der Waals surface area contributed by atoms with Gasteiger partial charge in [0.25, 0.3) is 0 Å². The van der Waals surface area contributed by atoms with Crippen molar-refractivity contribution in [1.82, 2.24) is 9.80 Å². The minimum atomic E-state index is 0. The van der Waals surface area contributed by atoms with E-state index in [1.54, 1.807) is 0 Å². The molecule has 0 aromatic heterocycles. The molecule has 3 rings (SSSR count). The van der Waals surface area contributed by atoms with Crippen LogP contribution in [0.15, 0.2) is 4.99 Å². The zero-order chi connectivity index (χ0) is 14.7. The third kappa shape index (κ3) is 4.71. The zero-order valence-electron chi connectivity index (χ0n) is 13.7. The summed E-state index contributed by atoms with van der Waals surface area (Å²) in [6.45, 7) is 8.24. The number of hydrogen-bond acceptors (Lipinski definition) is 3. The van der Waals surface area contributed by atoms with Gasteiger partial charge >= 0.3 is 0 Å². The molecule has 22 heavy (non-hydrogen) atoms. The van der Waals surface area contributed by atoms with Crippen LogP contribution in [0.4, 0.5) is 0 Å². The lowest BCUT2D eigenvalue weighted by atomic mass is 10.0. The molecule has 3 fully saturated rings. The van der Waals surface area contributed by atoms with Gasteiger partial charge in [0.2, 0.25) is 0 Å². The lowest BCUT2D eigenvalue weighted by Gasteiger charge is -2.42. The van der Waals surface area contributed by atoms with E-state index in [1.807, 2.05) is 0 Å². The molecule has 0 radical (unpaired) electrons. The van der Waals surface area contributed by atoms with Crippen LogP contribution in [0.25, 0.3) is 0 Å². The van der Waals surface area contributed by atoms with E-state index in [9.17, 15) is 0 Å². The van der Waals surface area contributed by atoms with Crippen LogP contribution in [0, 0.1) is 5.92 Å². The van der Waals surface area contributed by atoms with Crippen molar-refractivity contribution >= 4 is 29.9 Å². The van der Waals surface area contributed by atoms with Gasteiger partial charge in [-0.2, -0.15) is 0 Å². The molecule has 2 N–H and O–H groups in total. The summed E-state index contributed by atoms with van der Waals surface area (Å²) in [4.78, 5) is 9.44. The van der Waals surface area contributed by atoms with Gasteiger partial charge in [0.1, 0.15) is 0 Å². The molecular formula is C16H31IN4O. The van der Waals surface area contributed by atoms with Crippen molar-refractivity contribution in [2.45, 2.75) is 51.2 Å². The quantitative estimate of drug-likeness (QED) is 0.420. The molecule has 5 nitrogen and oxygen atoms in total. The fourth-order valence-corrected chi connectivity index (χ4v) is 3.85. The van der Waals surface area contributed by atoms with Gasteiger partial charge in [-0.15, -0.1) is 24.0 Å². The van der Waals surface area contributed by atoms with Crippen LogP contribution in [0.5, 0.6) is 0 Å². The maximum atomic E-state index is 6.17. The Bertz CT molecular complexity index is 379. The van der Waals surface area contributed by atoms with E-state index in [4.69, 9.17) is 10.5 Å². The van der Waals surface area contributed by atoms with Crippen LogP contribution < -0.4 is 5.73 Å². The number of likely N-dealkylation sites (tertiary alicyclic amines) is 1. The first-order valence-electron chi connectivity index (χ1n) is 8.63. The highest BCUT2D eigenvalue weighted by atomic mass is 127. The molecule has 0 amide bonds. The summed E-state index contributed by atoms with van der Waals surface area (Å²) in [6.07, 6.45) is 6.75. The van der Waals surface area contributed by atoms with Crippen LogP contribution in [0.3, 0.4) is 0 Å². The van der Waals surface area contributed by atoms with Crippen molar-refractivity contribution < 1.29 is 4.74 Å². The molecule has 0 saturated carbocycles. The van der Waals surface area contributed by atoms with Crippen LogP contribution >= 0.6 is 24.0 Å². The Morgan fingerprint density at radius 2 is 2.05 bits per heavy atom. The Kier molecular flexibility index (Phi) is 7.21. The number of ether oxygens (including phenoxy) is 1. The number of halogens is 1. The van der Waals surface area contributed by atoms with Crippen molar-refractivity contribution in [1.29, 1.82) is 0 Å². The first-order chi connectivity index (χ1) is 10.2. The molecule has 3 heterocycles. The summed E-state index contributed by atoms with van der Waals surface area (Å²) in [6, 6.07) is 0.652. The standard InChI is InChI=1S/C16H30N4O.HI/c1-13-5-4-8-20(10-13)16(17)18-9-15-11-19-7-3-2-6-14(19)12-21-15;/h13-15H,2-12H2,1H3,(H2,17,18);1H. The first-order valence-corrected chi connectivity index (χ1v) is 8.63. The molecular weight excluding hydrogens is 391 g/mol. The summed E-state index contributed by atoms with van der Waals surface area (Å²) < 4.78 is 5.98. The highest BCUT2D eigenvalue weighted by molar-refractivity contribution is 14.0. The summed E-state index contributed by atoms with van der Waals surface area (Å²) in [5.74, 6) is 1.44. The van der Waals surface area contributed by atoms with E-state index < -0.39 is 0 Å². The largest absolute Gasteiger partial charge is 0.373 e. The third-order valence-corrected chi connectivity index (χ3v) is 5.15. The molecule has 128 valence electrons. The van der Waals surface area contributed by atoms with E-state index in [2.05, 4.69) is 21.7 Å². The normalized spacial score (nSPS) is 34.0. The van der Waals surface area contributed by atoms with E-state index in [0.717, 1.165) is 32.2 Å². The van der Waals surface area contributed by atoms with E-state index in [-0.39, 0.29) is 30.1 Å². The molecule has 0 bridgehead atoms. The number of hydrogen-bond donors (Lipinski definition) is 1. The summed E-state index contributed by atoms with van der Waals surface area (Å²) >= 11 is 0. The minimum absolute atomic E-state index is 0. The minimum Gasteiger partial charge on any atom is -0.373 e. The van der Waals surface area contributed by atoms with Gasteiger partial charge in [0.15, 0.2) is 5.96 Å². The van der Waals surface area contributed by atoms with Gasteiger partial charge < -0.3 is 15.4 Å². The monoisotopic (exact) mass is 422 g/mol. The molecule has 0 aromatic carbocycles. The smallest absolute Gasteiger partial charge is 0.191 e. The summed E-state index contributed by atoms with van der Waals surface area (Å²) in [5.41, 5.74) is 6.17. The predicted molar refractivity (Wildman–Crippen MR) is 101 cm³/mol. The highest BCUT2D eigenvalue weighted by Crippen LogP contribution is 2.22. The van der Waals surface area contributed by atoms with Crippen molar-refractivity contribution in [3.05, 3.63) is 0 Å². The van der Waals surface area contributed by atoms with Gasteiger partial charge in [0, 0.05) is 25.7 Å². The number of guanidine groups is 1. The Hall–Kier alpha value is -0.0800. The number of fused-ring (bicyclic) bond motifs is 1. The number of rotatable bonds is 2. The molecule has 3 saturated heterocycles. The van der Waals surface area contributed by atoms with Gasteiger partial charge in [-0.25, -0.2) is 0 Å².